The van der Waals surface area contributed by atoms with Crippen molar-refractivity contribution >= 4 is 23.5 Å². The molecule has 17 heavy (non-hydrogen) atoms. The highest BCUT2D eigenvalue weighted by atomic mass is 16.6. The van der Waals surface area contributed by atoms with Gasteiger partial charge >= 0.3 is 5.97 Å². The number of ketones is 1. The summed E-state index contributed by atoms with van der Waals surface area (Å²) in [6.07, 6.45) is 1.87. The van der Waals surface area contributed by atoms with Gasteiger partial charge < -0.3 is 5.11 Å². The van der Waals surface area contributed by atoms with Crippen LogP contribution in [0.15, 0.2) is 24.3 Å². The molecule has 0 saturated heterocycles. The van der Waals surface area contributed by atoms with Crippen LogP contribution in [0.25, 0.3) is 6.08 Å². The van der Waals surface area contributed by atoms with Crippen molar-refractivity contribution < 1.29 is 19.6 Å². The number of nitro groups is 1. The van der Waals surface area contributed by atoms with Crippen LogP contribution in [0.2, 0.25) is 0 Å². The SMILES string of the molecule is CC(=O)c1ccc([N+](=O)[O-])c(C=CC(=O)O)c1. The molecule has 0 spiro atoms. The van der Waals surface area contributed by atoms with E-state index < -0.39 is 10.9 Å². The van der Waals surface area contributed by atoms with E-state index in [-0.39, 0.29) is 17.0 Å². The number of carboxylic acids is 1. The van der Waals surface area contributed by atoms with Crippen molar-refractivity contribution in [1.29, 1.82) is 0 Å². The summed E-state index contributed by atoms with van der Waals surface area (Å²) in [6, 6.07) is 3.80. The number of benzene rings is 1. The van der Waals surface area contributed by atoms with E-state index >= 15 is 0 Å². The summed E-state index contributed by atoms with van der Waals surface area (Å²) in [6.45, 7) is 1.33. The lowest BCUT2D eigenvalue weighted by Gasteiger charge is -2.00. The smallest absolute Gasteiger partial charge is 0.328 e. The lowest BCUT2D eigenvalue weighted by molar-refractivity contribution is -0.385. The predicted molar refractivity (Wildman–Crippen MR) is 59.8 cm³/mol. The van der Waals surface area contributed by atoms with Crippen LogP contribution in [0.5, 0.6) is 0 Å². The first-order chi connectivity index (χ1) is 7.91. The molecule has 0 amide bonds. The lowest BCUT2D eigenvalue weighted by atomic mass is 10.1. The molecule has 1 N–H and O–H groups in total. The van der Waals surface area contributed by atoms with Gasteiger partial charge in [-0.2, -0.15) is 0 Å². The molecular formula is C11H9NO5. The summed E-state index contributed by atoms with van der Waals surface area (Å²) < 4.78 is 0. The zero-order valence-electron chi connectivity index (χ0n) is 8.91. The van der Waals surface area contributed by atoms with Gasteiger partial charge in [0, 0.05) is 17.7 Å². The summed E-state index contributed by atoms with van der Waals surface area (Å²) in [5, 5.41) is 19.1. The molecule has 1 aromatic carbocycles. The van der Waals surface area contributed by atoms with Crippen LogP contribution in [0.4, 0.5) is 5.69 Å². The second kappa shape index (κ2) is 5.02. The highest BCUT2D eigenvalue weighted by Gasteiger charge is 2.13. The molecule has 0 fully saturated rings. The van der Waals surface area contributed by atoms with Gasteiger partial charge in [-0.25, -0.2) is 4.79 Å². The Hall–Kier alpha value is -2.50. The molecule has 88 valence electrons. The van der Waals surface area contributed by atoms with Crippen LogP contribution in [0.1, 0.15) is 22.8 Å². The minimum Gasteiger partial charge on any atom is -0.478 e. The molecular weight excluding hydrogens is 226 g/mol. The second-order valence-corrected chi connectivity index (χ2v) is 3.26. The predicted octanol–water partition coefficient (Wildman–Crippen LogP) is 1.90. The molecule has 0 aliphatic rings. The Morgan fingerprint density at radius 1 is 1.41 bits per heavy atom. The third kappa shape index (κ3) is 3.23. The Labute approximate surface area is 96.3 Å². The lowest BCUT2D eigenvalue weighted by Crippen LogP contribution is -1.97. The Morgan fingerprint density at radius 3 is 2.53 bits per heavy atom. The van der Waals surface area contributed by atoms with Gasteiger partial charge in [-0.15, -0.1) is 0 Å². The van der Waals surface area contributed by atoms with Crippen LogP contribution >= 0.6 is 0 Å². The van der Waals surface area contributed by atoms with E-state index in [0.29, 0.717) is 5.56 Å². The quantitative estimate of drug-likeness (QED) is 0.372. The number of carbonyl (C=O) groups excluding carboxylic acids is 1. The van der Waals surface area contributed by atoms with Crippen LogP contribution in [-0.4, -0.2) is 21.8 Å². The fraction of sp³-hybridized carbons (Fsp3) is 0.0909. The summed E-state index contributed by atoms with van der Waals surface area (Å²) in [5.41, 5.74) is 0.137. The number of rotatable bonds is 4. The number of carboxylic acid groups (broad SMARTS) is 1. The maximum atomic E-state index is 11.1. The molecule has 0 bridgehead atoms. The van der Waals surface area contributed by atoms with E-state index in [0.717, 1.165) is 12.2 Å². The zero-order valence-corrected chi connectivity index (χ0v) is 8.91. The molecule has 0 saturated carbocycles. The minimum absolute atomic E-state index is 0.0881. The molecule has 0 heterocycles. The normalized spacial score (nSPS) is 10.4. The largest absolute Gasteiger partial charge is 0.478 e. The average Bonchev–Trinajstić information content (AvgIpc) is 2.25. The van der Waals surface area contributed by atoms with Gasteiger partial charge in [0.25, 0.3) is 5.69 Å². The van der Waals surface area contributed by atoms with Crippen LogP contribution in [0.3, 0.4) is 0 Å². The van der Waals surface area contributed by atoms with Crippen LogP contribution in [0, 0.1) is 10.1 Å². The van der Waals surface area contributed by atoms with E-state index in [1.807, 2.05) is 0 Å². The first kappa shape index (κ1) is 12.6. The average molecular weight is 235 g/mol. The first-order valence-corrected chi connectivity index (χ1v) is 4.62. The number of carbonyl (C=O) groups is 2. The molecule has 0 atom stereocenters. The van der Waals surface area contributed by atoms with Crippen molar-refractivity contribution in [3.63, 3.8) is 0 Å². The van der Waals surface area contributed by atoms with Crippen molar-refractivity contribution in [2.45, 2.75) is 6.92 Å². The first-order valence-electron chi connectivity index (χ1n) is 4.62. The number of hydrogen-bond acceptors (Lipinski definition) is 4. The number of Topliss-reactive ketones (excluding diaryl/α,β-unsaturated/α-hetero) is 1. The molecule has 0 aliphatic carbocycles. The van der Waals surface area contributed by atoms with Crippen molar-refractivity contribution in [1.82, 2.24) is 0 Å². The summed E-state index contributed by atoms with van der Waals surface area (Å²) in [5.74, 6) is -1.46. The summed E-state index contributed by atoms with van der Waals surface area (Å²) in [4.78, 5) is 31.5. The van der Waals surface area contributed by atoms with Gasteiger partial charge in [0.2, 0.25) is 0 Å². The molecule has 0 radical (unpaired) electrons. The molecule has 0 aliphatic heterocycles. The van der Waals surface area contributed by atoms with Gasteiger partial charge in [-0.3, -0.25) is 14.9 Å². The van der Waals surface area contributed by atoms with Crippen molar-refractivity contribution in [2.75, 3.05) is 0 Å². The van der Waals surface area contributed by atoms with Crippen LogP contribution in [-0.2, 0) is 4.79 Å². The highest BCUT2D eigenvalue weighted by Crippen LogP contribution is 2.21. The van der Waals surface area contributed by atoms with E-state index in [9.17, 15) is 19.7 Å². The van der Waals surface area contributed by atoms with Gasteiger partial charge in [0.1, 0.15) is 0 Å². The molecule has 6 heteroatoms. The van der Waals surface area contributed by atoms with E-state index in [4.69, 9.17) is 5.11 Å². The van der Waals surface area contributed by atoms with E-state index in [1.54, 1.807) is 0 Å². The molecule has 0 unspecified atom stereocenters. The van der Waals surface area contributed by atoms with Gasteiger partial charge in [-0.1, -0.05) is 0 Å². The minimum atomic E-state index is -1.22. The van der Waals surface area contributed by atoms with Crippen molar-refractivity contribution in [2.24, 2.45) is 0 Å². The summed E-state index contributed by atoms with van der Waals surface area (Å²) >= 11 is 0. The zero-order chi connectivity index (χ0) is 13.0. The van der Waals surface area contributed by atoms with Crippen LogP contribution < -0.4 is 0 Å². The topological polar surface area (TPSA) is 97.5 Å². The Morgan fingerprint density at radius 2 is 2.06 bits per heavy atom. The third-order valence-corrected chi connectivity index (χ3v) is 2.04. The fourth-order valence-electron chi connectivity index (χ4n) is 1.23. The number of nitrogens with zero attached hydrogens (tertiary/aromatic N) is 1. The van der Waals surface area contributed by atoms with Gasteiger partial charge in [0.05, 0.1) is 10.5 Å². The molecule has 6 nitrogen and oxygen atoms in total. The van der Waals surface area contributed by atoms with E-state index in [2.05, 4.69) is 0 Å². The number of aliphatic carboxylic acids is 1. The standard InChI is InChI=1S/C11H9NO5/c1-7(13)8-2-4-10(12(16)17)9(6-8)3-5-11(14)15/h2-6H,1H3,(H,14,15). The Bertz CT molecular complexity index is 519. The third-order valence-electron chi connectivity index (χ3n) is 2.04. The monoisotopic (exact) mass is 235 g/mol. The van der Waals surface area contributed by atoms with Crippen molar-refractivity contribution in [3.05, 3.63) is 45.5 Å². The Kier molecular flexibility index (Phi) is 3.71. The molecule has 0 aromatic heterocycles. The maximum Gasteiger partial charge on any atom is 0.328 e. The molecule has 1 aromatic rings. The second-order valence-electron chi connectivity index (χ2n) is 3.26. The fourth-order valence-corrected chi connectivity index (χ4v) is 1.23. The van der Waals surface area contributed by atoms with E-state index in [1.165, 1.54) is 25.1 Å². The molecule has 1 rings (SSSR count). The number of nitro benzene ring substituents is 1. The van der Waals surface area contributed by atoms with Gasteiger partial charge in [-0.05, 0) is 25.1 Å². The van der Waals surface area contributed by atoms with Crippen molar-refractivity contribution in [3.8, 4) is 0 Å². The number of hydrogen-bond donors (Lipinski definition) is 1. The Balaban J connectivity index is 3.30. The maximum absolute atomic E-state index is 11.1. The highest BCUT2D eigenvalue weighted by molar-refractivity contribution is 5.95. The summed E-state index contributed by atoms with van der Waals surface area (Å²) in [7, 11) is 0. The van der Waals surface area contributed by atoms with Gasteiger partial charge in [0.15, 0.2) is 5.78 Å².